The molecule has 31 heavy (non-hydrogen) atoms. The number of nitrogens with one attached hydrogen (secondary N) is 2. The minimum Gasteiger partial charge on any atom is -0.356 e. The van der Waals surface area contributed by atoms with E-state index in [1.807, 2.05) is 31.5 Å². The monoisotopic (exact) mass is 553 g/mol. The Bertz CT molecular complexity index is 959. The van der Waals surface area contributed by atoms with Gasteiger partial charge in [-0.15, -0.1) is 35.7 Å². The van der Waals surface area contributed by atoms with E-state index < -0.39 is 0 Å². The number of hydrogen-bond donors (Lipinski definition) is 2. The lowest BCUT2D eigenvalue weighted by Crippen LogP contribution is -2.37. The van der Waals surface area contributed by atoms with Gasteiger partial charge >= 0.3 is 0 Å². The summed E-state index contributed by atoms with van der Waals surface area (Å²) in [6, 6.07) is 15.2. The van der Waals surface area contributed by atoms with Gasteiger partial charge in [0, 0.05) is 44.0 Å². The van der Waals surface area contributed by atoms with Gasteiger partial charge in [-0.1, -0.05) is 24.3 Å². The summed E-state index contributed by atoms with van der Waals surface area (Å²) >= 11 is 1.73. The van der Waals surface area contributed by atoms with Gasteiger partial charge in [-0.3, -0.25) is 4.99 Å². The van der Waals surface area contributed by atoms with Crippen molar-refractivity contribution in [3.8, 4) is 0 Å². The summed E-state index contributed by atoms with van der Waals surface area (Å²) in [5.41, 5.74) is 2.45. The molecule has 0 bridgehead atoms. The molecule has 2 aromatic carbocycles. The Morgan fingerprint density at radius 2 is 1.90 bits per heavy atom. The maximum absolute atomic E-state index is 12.9. The van der Waals surface area contributed by atoms with Gasteiger partial charge in [-0.25, -0.2) is 9.37 Å². The fourth-order valence-corrected chi connectivity index (χ4v) is 3.86. The van der Waals surface area contributed by atoms with Gasteiger partial charge < -0.3 is 15.2 Å². The Morgan fingerprint density at radius 3 is 2.61 bits per heavy atom. The van der Waals surface area contributed by atoms with Crippen LogP contribution in [0.5, 0.6) is 0 Å². The minimum absolute atomic E-state index is 0. The lowest BCUT2D eigenvalue weighted by Gasteiger charge is -2.13. The van der Waals surface area contributed by atoms with E-state index in [0.717, 1.165) is 41.9 Å². The highest BCUT2D eigenvalue weighted by Crippen LogP contribution is 2.18. The summed E-state index contributed by atoms with van der Waals surface area (Å²) in [6.07, 6.45) is 4.82. The van der Waals surface area contributed by atoms with E-state index in [1.54, 1.807) is 18.8 Å². The molecule has 0 radical (unpaired) electrons. The number of halogens is 2. The largest absolute Gasteiger partial charge is 0.356 e. The van der Waals surface area contributed by atoms with E-state index in [1.165, 1.54) is 23.3 Å². The number of aromatic nitrogens is 2. The molecule has 0 saturated heterocycles. The molecule has 0 atom stereocenters. The van der Waals surface area contributed by atoms with Crippen LogP contribution in [-0.4, -0.2) is 34.9 Å². The fourth-order valence-electron chi connectivity index (χ4n) is 3.01. The quantitative estimate of drug-likeness (QED) is 0.131. The third-order valence-electron chi connectivity index (χ3n) is 4.65. The van der Waals surface area contributed by atoms with Gasteiger partial charge in [0.05, 0.1) is 0 Å². The van der Waals surface area contributed by atoms with Crippen LogP contribution in [-0.2, 0) is 13.1 Å². The smallest absolute Gasteiger partial charge is 0.191 e. The predicted octanol–water partition coefficient (Wildman–Crippen LogP) is 4.84. The highest BCUT2D eigenvalue weighted by molar-refractivity contribution is 14.0. The zero-order valence-electron chi connectivity index (χ0n) is 17.8. The van der Waals surface area contributed by atoms with Crippen molar-refractivity contribution in [1.29, 1.82) is 0 Å². The normalized spacial score (nSPS) is 11.1. The molecule has 0 spiro atoms. The standard InChI is InChI=1S/C23H28FN5S.HI/c1-18-26-12-13-29(18)17-20-6-3-5-19(15-20)16-28-23(25-2)27-11-4-14-30-22-9-7-21(24)8-10-22;/h3,5-10,12-13,15H,4,11,14,16-17H2,1-2H3,(H2,25,27,28);1H. The number of aliphatic imine (C=N–C) groups is 1. The number of thioether (sulfide) groups is 1. The van der Waals surface area contributed by atoms with Crippen LogP contribution in [0.2, 0.25) is 0 Å². The Balaban J connectivity index is 0.00000341. The number of guanidine groups is 1. The summed E-state index contributed by atoms with van der Waals surface area (Å²) in [5.74, 6) is 2.57. The molecule has 3 rings (SSSR count). The SMILES string of the molecule is CN=C(NCCCSc1ccc(F)cc1)NCc1cccc(Cn2ccnc2C)c1.I. The molecule has 0 aliphatic carbocycles. The molecule has 1 aromatic heterocycles. The van der Waals surface area contributed by atoms with E-state index in [2.05, 4.69) is 49.4 Å². The van der Waals surface area contributed by atoms with Gasteiger partial charge in [0.25, 0.3) is 0 Å². The third kappa shape index (κ3) is 8.53. The zero-order chi connectivity index (χ0) is 21.2. The number of nitrogens with zero attached hydrogens (tertiary/aromatic N) is 3. The number of benzene rings is 2. The predicted molar refractivity (Wildman–Crippen MR) is 138 cm³/mol. The van der Waals surface area contributed by atoms with E-state index in [0.29, 0.717) is 6.54 Å². The van der Waals surface area contributed by atoms with Gasteiger partial charge in [-0.2, -0.15) is 0 Å². The second kappa shape index (κ2) is 13.4. The van der Waals surface area contributed by atoms with Crippen LogP contribution < -0.4 is 10.6 Å². The second-order valence-electron chi connectivity index (χ2n) is 6.93. The highest BCUT2D eigenvalue weighted by atomic mass is 127. The van der Waals surface area contributed by atoms with Crippen LogP contribution in [0.3, 0.4) is 0 Å². The summed E-state index contributed by atoms with van der Waals surface area (Å²) in [6.45, 7) is 4.37. The van der Waals surface area contributed by atoms with Crippen molar-refractivity contribution in [3.05, 3.63) is 83.7 Å². The summed E-state index contributed by atoms with van der Waals surface area (Å²) in [5, 5.41) is 6.72. The van der Waals surface area contributed by atoms with Crippen molar-refractivity contribution in [2.24, 2.45) is 4.99 Å². The van der Waals surface area contributed by atoms with Crippen molar-refractivity contribution in [2.45, 2.75) is 31.3 Å². The molecule has 5 nitrogen and oxygen atoms in total. The maximum atomic E-state index is 12.9. The molecular formula is C23H29FIN5S. The highest BCUT2D eigenvalue weighted by Gasteiger charge is 2.02. The average molecular weight is 553 g/mol. The topological polar surface area (TPSA) is 54.2 Å². The van der Waals surface area contributed by atoms with Crippen LogP contribution in [0, 0.1) is 12.7 Å². The molecule has 0 aliphatic heterocycles. The van der Waals surface area contributed by atoms with Crippen molar-refractivity contribution in [3.63, 3.8) is 0 Å². The first kappa shape index (κ1) is 25.2. The van der Waals surface area contributed by atoms with Gasteiger partial charge in [0.15, 0.2) is 5.96 Å². The first-order chi connectivity index (χ1) is 14.6. The van der Waals surface area contributed by atoms with E-state index in [4.69, 9.17) is 0 Å². The minimum atomic E-state index is -0.196. The Labute approximate surface area is 205 Å². The molecule has 0 unspecified atom stereocenters. The van der Waals surface area contributed by atoms with Gasteiger partial charge in [0.1, 0.15) is 11.6 Å². The first-order valence-corrected chi connectivity index (χ1v) is 11.0. The first-order valence-electron chi connectivity index (χ1n) is 10.0. The molecule has 0 aliphatic rings. The third-order valence-corrected chi connectivity index (χ3v) is 5.75. The summed E-state index contributed by atoms with van der Waals surface area (Å²) < 4.78 is 15.1. The lowest BCUT2D eigenvalue weighted by molar-refractivity contribution is 0.626. The van der Waals surface area contributed by atoms with E-state index in [-0.39, 0.29) is 29.8 Å². The Kier molecular flexibility index (Phi) is 10.9. The van der Waals surface area contributed by atoms with Gasteiger partial charge in [-0.05, 0) is 54.5 Å². The molecule has 0 saturated carbocycles. The molecule has 2 N–H and O–H groups in total. The summed E-state index contributed by atoms with van der Waals surface area (Å²) in [4.78, 5) is 9.66. The van der Waals surface area contributed by atoms with Crippen molar-refractivity contribution in [1.82, 2.24) is 20.2 Å². The summed E-state index contributed by atoms with van der Waals surface area (Å²) in [7, 11) is 1.78. The van der Waals surface area contributed by atoms with Crippen molar-refractivity contribution < 1.29 is 4.39 Å². The number of rotatable bonds is 9. The van der Waals surface area contributed by atoms with Crippen LogP contribution in [0.1, 0.15) is 23.4 Å². The van der Waals surface area contributed by atoms with E-state index in [9.17, 15) is 4.39 Å². The number of hydrogen-bond acceptors (Lipinski definition) is 3. The van der Waals surface area contributed by atoms with Crippen LogP contribution in [0.15, 0.2) is 70.8 Å². The molecule has 8 heteroatoms. The second-order valence-corrected chi connectivity index (χ2v) is 8.10. The van der Waals surface area contributed by atoms with Crippen molar-refractivity contribution in [2.75, 3.05) is 19.3 Å². The van der Waals surface area contributed by atoms with Gasteiger partial charge in [0.2, 0.25) is 0 Å². The Hall–Kier alpha value is -2.07. The van der Waals surface area contributed by atoms with Crippen LogP contribution in [0.4, 0.5) is 4.39 Å². The molecule has 3 aromatic rings. The van der Waals surface area contributed by atoms with E-state index >= 15 is 0 Å². The molecular weight excluding hydrogens is 524 g/mol. The van der Waals surface area contributed by atoms with Crippen LogP contribution in [0.25, 0.3) is 0 Å². The fraction of sp³-hybridized carbons (Fsp3) is 0.304. The maximum Gasteiger partial charge on any atom is 0.191 e. The molecule has 0 fully saturated rings. The molecule has 0 amide bonds. The van der Waals surface area contributed by atoms with Crippen molar-refractivity contribution >= 4 is 41.7 Å². The van der Waals surface area contributed by atoms with Crippen LogP contribution >= 0.6 is 35.7 Å². The molecule has 1 heterocycles. The number of imidazole rings is 1. The number of aryl methyl sites for hydroxylation is 1. The average Bonchev–Trinajstić information content (AvgIpc) is 3.16. The Morgan fingerprint density at radius 1 is 1.13 bits per heavy atom. The lowest BCUT2D eigenvalue weighted by atomic mass is 10.1. The zero-order valence-corrected chi connectivity index (χ0v) is 21.0. The molecule has 166 valence electrons.